The van der Waals surface area contributed by atoms with Crippen LogP contribution in [0, 0.1) is 6.92 Å². The van der Waals surface area contributed by atoms with Crippen molar-refractivity contribution in [2.75, 3.05) is 0 Å². The Balaban J connectivity index is 1.29. The van der Waals surface area contributed by atoms with E-state index in [1.54, 1.807) is 0 Å². The summed E-state index contributed by atoms with van der Waals surface area (Å²) in [7, 11) is 0. The fourth-order valence-electron chi connectivity index (χ4n) is 4.10. The van der Waals surface area contributed by atoms with Gasteiger partial charge < -0.3 is 9.88 Å². The normalized spacial score (nSPS) is 11.3. The van der Waals surface area contributed by atoms with Gasteiger partial charge in [0.15, 0.2) is 0 Å². The van der Waals surface area contributed by atoms with E-state index in [-0.39, 0.29) is 5.91 Å². The zero-order chi connectivity index (χ0) is 21.9. The number of hydrogen-bond donors (Lipinski definition) is 1. The van der Waals surface area contributed by atoms with E-state index in [4.69, 9.17) is 4.98 Å². The first-order valence-electron chi connectivity index (χ1n) is 10.8. The number of imidazole rings is 1. The average Bonchev–Trinajstić information content (AvgIpc) is 3.39. The Bertz CT molecular complexity index is 1380. The van der Waals surface area contributed by atoms with Gasteiger partial charge in [-0.05, 0) is 36.2 Å². The van der Waals surface area contributed by atoms with Crippen LogP contribution in [-0.2, 0) is 24.4 Å². The van der Waals surface area contributed by atoms with Crippen molar-refractivity contribution in [1.29, 1.82) is 0 Å². The Morgan fingerprint density at radius 3 is 2.59 bits per heavy atom. The molecule has 0 unspecified atom stereocenters. The van der Waals surface area contributed by atoms with Gasteiger partial charge in [-0.1, -0.05) is 54.6 Å². The second kappa shape index (κ2) is 8.67. The van der Waals surface area contributed by atoms with Gasteiger partial charge in [0, 0.05) is 18.4 Å². The van der Waals surface area contributed by atoms with Crippen LogP contribution in [0.25, 0.3) is 21.9 Å². The van der Waals surface area contributed by atoms with E-state index in [0.717, 1.165) is 27.8 Å². The van der Waals surface area contributed by atoms with Crippen molar-refractivity contribution in [1.82, 2.24) is 24.6 Å². The smallest absolute Gasteiger partial charge is 0.222 e. The summed E-state index contributed by atoms with van der Waals surface area (Å²) >= 11 is 0. The lowest BCUT2D eigenvalue weighted by atomic mass is 10.1. The molecule has 5 rings (SSSR count). The number of nitrogens with zero attached hydrogens (tertiary/aromatic N) is 4. The number of para-hydroxylation sites is 2. The van der Waals surface area contributed by atoms with Gasteiger partial charge in [-0.3, -0.25) is 9.48 Å². The Morgan fingerprint density at radius 1 is 0.938 bits per heavy atom. The summed E-state index contributed by atoms with van der Waals surface area (Å²) in [6.07, 6.45) is 2.23. The highest BCUT2D eigenvalue weighted by Crippen LogP contribution is 2.19. The monoisotopic (exact) mass is 423 g/mol. The highest BCUT2D eigenvalue weighted by Gasteiger charge is 2.13. The number of aromatic nitrogens is 4. The van der Waals surface area contributed by atoms with E-state index in [1.165, 1.54) is 11.1 Å². The van der Waals surface area contributed by atoms with Gasteiger partial charge in [-0.2, -0.15) is 5.10 Å². The lowest BCUT2D eigenvalue weighted by Crippen LogP contribution is -2.26. The topological polar surface area (TPSA) is 64.7 Å². The van der Waals surface area contributed by atoms with Gasteiger partial charge in [0.25, 0.3) is 0 Å². The maximum absolute atomic E-state index is 12.6. The van der Waals surface area contributed by atoms with Crippen molar-refractivity contribution in [2.45, 2.75) is 33.0 Å². The van der Waals surface area contributed by atoms with Gasteiger partial charge in [0.1, 0.15) is 5.82 Å². The number of fused-ring (bicyclic) bond motifs is 2. The maximum atomic E-state index is 12.6. The minimum Gasteiger partial charge on any atom is -0.349 e. The minimum atomic E-state index is -0.0142. The first-order valence-corrected chi connectivity index (χ1v) is 10.8. The zero-order valence-corrected chi connectivity index (χ0v) is 18.0. The number of carbonyl (C=O) groups is 1. The number of aryl methyl sites for hydroxylation is 2. The first kappa shape index (κ1) is 20.0. The molecule has 32 heavy (non-hydrogen) atoms. The summed E-state index contributed by atoms with van der Waals surface area (Å²) in [6.45, 7) is 3.71. The molecule has 0 fully saturated rings. The molecular formula is C26H25N5O. The lowest BCUT2D eigenvalue weighted by Gasteiger charge is -2.11. The minimum absolute atomic E-state index is 0.0142. The van der Waals surface area contributed by atoms with Gasteiger partial charge in [-0.25, -0.2) is 4.98 Å². The van der Waals surface area contributed by atoms with Crippen molar-refractivity contribution in [3.05, 3.63) is 95.9 Å². The molecule has 6 nitrogen and oxygen atoms in total. The SMILES string of the molecule is Cc1cccc2c1cnn2CCC(=O)NCc1nc2ccccc2n1Cc1ccccc1. The van der Waals surface area contributed by atoms with Crippen LogP contribution in [0.3, 0.4) is 0 Å². The number of hydrogen-bond acceptors (Lipinski definition) is 3. The molecule has 0 atom stereocenters. The van der Waals surface area contributed by atoms with Crippen LogP contribution in [0.2, 0.25) is 0 Å². The highest BCUT2D eigenvalue weighted by atomic mass is 16.1. The van der Waals surface area contributed by atoms with E-state index in [9.17, 15) is 4.79 Å². The second-order valence-electron chi connectivity index (χ2n) is 7.99. The van der Waals surface area contributed by atoms with Crippen molar-refractivity contribution in [3.63, 3.8) is 0 Å². The molecule has 1 amide bonds. The van der Waals surface area contributed by atoms with Crippen LogP contribution in [0.4, 0.5) is 0 Å². The van der Waals surface area contributed by atoms with Crippen molar-refractivity contribution in [3.8, 4) is 0 Å². The number of rotatable bonds is 7. The molecule has 0 aliphatic carbocycles. The lowest BCUT2D eigenvalue weighted by molar-refractivity contribution is -0.121. The summed E-state index contributed by atoms with van der Waals surface area (Å²) in [6, 6.07) is 24.5. The molecule has 0 saturated carbocycles. The molecule has 6 heteroatoms. The number of nitrogens with one attached hydrogen (secondary N) is 1. The molecule has 1 N–H and O–H groups in total. The predicted octanol–water partition coefficient (Wildman–Crippen LogP) is 4.45. The van der Waals surface area contributed by atoms with Gasteiger partial charge in [0.2, 0.25) is 5.91 Å². The third-order valence-corrected chi connectivity index (χ3v) is 5.82. The first-order chi connectivity index (χ1) is 15.7. The van der Waals surface area contributed by atoms with Crippen LogP contribution in [0.5, 0.6) is 0 Å². The second-order valence-corrected chi connectivity index (χ2v) is 7.99. The largest absolute Gasteiger partial charge is 0.349 e. The third-order valence-electron chi connectivity index (χ3n) is 5.82. The van der Waals surface area contributed by atoms with Crippen molar-refractivity contribution >= 4 is 27.8 Å². The van der Waals surface area contributed by atoms with E-state index in [1.807, 2.05) is 59.4 Å². The van der Waals surface area contributed by atoms with Crippen LogP contribution < -0.4 is 5.32 Å². The number of amides is 1. The van der Waals surface area contributed by atoms with Crippen LogP contribution in [-0.4, -0.2) is 25.2 Å². The van der Waals surface area contributed by atoms with E-state index < -0.39 is 0 Å². The molecule has 2 aromatic heterocycles. The Kier molecular flexibility index (Phi) is 5.42. The molecule has 2 heterocycles. The van der Waals surface area contributed by atoms with Gasteiger partial charge in [-0.15, -0.1) is 0 Å². The van der Waals surface area contributed by atoms with E-state index in [2.05, 4.69) is 46.2 Å². The fourth-order valence-corrected chi connectivity index (χ4v) is 4.10. The average molecular weight is 424 g/mol. The Morgan fingerprint density at radius 2 is 1.72 bits per heavy atom. The summed E-state index contributed by atoms with van der Waals surface area (Å²) in [5.74, 6) is 0.836. The highest BCUT2D eigenvalue weighted by molar-refractivity contribution is 5.82. The molecule has 3 aromatic carbocycles. The molecule has 5 aromatic rings. The molecule has 0 aliphatic rings. The third kappa shape index (κ3) is 3.99. The Hall–Kier alpha value is -3.93. The maximum Gasteiger partial charge on any atom is 0.222 e. The molecule has 0 spiro atoms. The zero-order valence-electron chi connectivity index (χ0n) is 18.0. The summed E-state index contributed by atoms with van der Waals surface area (Å²) < 4.78 is 4.07. The molecule has 0 saturated heterocycles. The molecule has 0 radical (unpaired) electrons. The summed E-state index contributed by atoms with van der Waals surface area (Å²) in [4.78, 5) is 17.4. The van der Waals surface area contributed by atoms with Crippen LogP contribution >= 0.6 is 0 Å². The van der Waals surface area contributed by atoms with E-state index >= 15 is 0 Å². The van der Waals surface area contributed by atoms with Gasteiger partial charge in [0.05, 0.1) is 35.8 Å². The van der Waals surface area contributed by atoms with Crippen LogP contribution in [0.1, 0.15) is 23.4 Å². The van der Waals surface area contributed by atoms with Crippen molar-refractivity contribution < 1.29 is 4.79 Å². The van der Waals surface area contributed by atoms with Crippen molar-refractivity contribution in [2.24, 2.45) is 0 Å². The Labute approximate surface area is 186 Å². The number of benzene rings is 3. The fraction of sp³-hybridized carbons (Fsp3) is 0.192. The van der Waals surface area contributed by atoms with Gasteiger partial charge >= 0.3 is 0 Å². The molecule has 160 valence electrons. The van der Waals surface area contributed by atoms with Crippen LogP contribution in [0.15, 0.2) is 79.0 Å². The molecule has 0 bridgehead atoms. The predicted molar refractivity (Wildman–Crippen MR) is 126 cm³/mol. The summed E-state index contributed by atoms with van der Waals surface area (Å²) in [5, 5.41) is 8.63. The molecular weight excluding hydrogens is 398 g/mol. The van der Waals surface area contributed by atoms with E-state index in [0.29, 0.717) is 26.1 Å². The number of carbonyl (C=O) groups excluding carboxylic acids is 1. The molecule has 0 aliphatic heterocycles. The standard InChI is InChI=1S/C26H25N5O/c1-19-8-7-13-23-21(19)16-28-31(23)15-14-26(32)27-17-25-29-22-11-5-6-12-24(22)30(25)18-20-9-3-2-4-10-20/h2-13,16H,14-15,17-18H2,1H3,(H,27,32). The summed E-state index contributed by atoms with van der Waals surface area (Å²) in [5.41, 5.74) is 5.45. The quantitative estimate of drug-likeness (QED) is 0.421.